The summed E-state index contributed by atoms with van der Waals surface area (Å²) in [5.41, 5.74) is 11.3. The molecular formula is C56H35N5S. The van der Waals surface area contributed by atoms with Gasteiger partial charge >= 0.3 is 0 Å². The SMILES string of the molecule is c1ccc(-c2cc(-c3ccccc3)cc(-c3cnc(-n4c5ccccc5c5cc6c(cc54)sc4ccccc46)c(-c4nc(-c5ccccc5)nc(-c5ccccc5)n4)c3)c2)cc1. The number of hydrogen-bond acceptors (Lipinski definition) is 5. The molecule has 0 saturated carbocycles. The second-order valence-electron chi connectivity index (χ2n) is 15.5. The first kappa shape index (κ1) is 35.8. The predicted octanol–water partition coefficient (Wildman–Crippen LogP) is 14.7. The van der Waals surface area contributed by atoms with Crippen molar-refractivity contribution in [3.8, 4) is 73.4 Å². The average Bonchev–Trinajstić information content (AvgIpc) is 3.88. The molecule has 6 heteroatoms. The number of hydrogen-bond donors (Lipinski definition) is 0. The Morgan fingerprint density at radius 1 is 0.323 bits per heavy atom. The molecule has 12 rings (SSSR count). The van der Waals surface area contributed by atoms with Crippen LogP contribution in [0.5, 0.6) is 0 Å². The van der Waals surface area contributed by atoms with Crippen molar-refractivity contribution in [2.24, 2.45) is 0 Å². The number of nitrogens with zero attached hydrogens (tertiary/aromatic N) is 5. The highest BCUT2D eigenvalue weighted by molar-refractivity contribution is 7.25. The van der Waals surface area contributed by atoms with Gasteiger partial charge in [-0.15, -0.1) is 11.3 Å². The second-order valence-corrected chi connectivity index (χ2v) is 16.6. The highest BCUT2D eigenvalue weighted by Crippen LogP contribution is 2.43. The summed E-state index contributed by atoms with van der Waals surface area (Å²) in [5, 5.41) is 4.86. The van der Waals surface area contributed by atoms with Gasteiger partial charge in [-0.25, -0.2) is 19.9 Å². The van der Waals surface area contributed by atoms with Crippen LogP contribution < -0.4 is 0 Å². The molecule has 0 bridgehead atoms. The molecule has 0 N–H and O–H groups in total. The van der Waals surface area contributed by atoms with Gasteiger partial charge in [-0.2, -0.15) is 0 Å². The Bertz CT molecular complexity index is 3500. The minimum absolute atomic E-state index is 0.540. The number of aromatic nitrogens is 5. The molecular weight excluding hydrogens is 775 g/mol. The number of pyridine rings is 1. The molecule has 0 atom stereocenters. The van der Waals surface area contributed by atoms with E-state index in [1.165, 1.54) is 25.6 Å². The molecule has 8 aromatic carbocycles. The van der Waals surface area contributed by atoms with Crippen molar-refractivity contribution in [2.75, 3.05) is 0 Å². The molecule has 290 valence electrons. The zero-order valence-electron chi connectivity index (χ0n) is 33.4. The van der Waals surface area contributed by atoms with Gasteiger partial charge in [0.25, 0.3) is 0 Å². The lowest BCUT2D eigenvalue weighted by Gasteiger charge is -2.16. The molecule has 0 aliphatic heterocycles. The molecule has 0 amide bonds. The van der Waals surface area contributed by atoms with E-state index in [2.05, 4.69) is 150 Å². The van der Waals surface area contributed by atoms with Crippen LogP contribution in [0, 0.1) is 0 Å². The van der Waals surface area contributed by atoms with E-state index in [0.29, 0.717) is 17.5 Å². The first-order chi connectivity index (χ1) is 30.7. The van der Waals surface area contributed by atoms with E-state index in [9.17, 15) is 0 Å². The van der Waals surface area contributed by atoms with E-state index < -0.39 is 0 Å². The zero-order chi connectivity index (χ0) is 41.0. The van der Waals surface area contributed by atoms with Crippen LogP contribution in [0.25, 0.3) is 115 Å². The van der Waals surface area contributed by atoms with Gasteiger partial charge in [0.1, 0.15) is 5.82 Å². The second kappa shape index (κ2) is 14.9. The average molecular weight is 810 g/mol. The summed E-state index contributed by atoms with van der Waals surface area (Å²) >= 11 is 1.82. The molecule has 0 aliphatic carbocycles. The maximum Gasteiger partial charge on any atom is 0.167 e. The topological polar surface area (TPSA) is 56.5 Å². The zero-order valence-corrected chi connectivity index (χ0v) is 34.2. The van der Waals surface area contributed by atoms with E-state index in [-0.39, 0.29) is 0 Å². The van der Waals surface area contributed by atoms with Crippen LogP contribution in [-0.4, -0.2) is 24.5 Å². The maximum atomic E-state index is 5.47. The smallest absolute Gasteiger partial charge is 0.167 e. The molecule has 0 aliphatic rings. The predicted molar refractivity (Wildman–Crippen MR) is 257 cm³/mol. The highest BCUT2D eigenvalue weighted by Gasteiger charge is 2.23. The van der Waals surface area contributed by atoms with Gasteiger partial charge in [-0.05, 0) is 76.3 Å². The molecule has 0 spiro atoms. The lowest BCUT2D eigenvalue weighted by atomic mass is 9.93. The Hall–Kier alpha value is -8.06. The fourth-order valence-electron chi connectivity index (χ4n) is 8.69. The normalized spacial score (nSPS) is 11.5. The van der Waals surface area contributed by atoms with Crippen LogP contribution in [-0.2, 0) is 0 Å². The summed E-state index contributed by atoms with van der Waals surface area (Å²) in [6.45, 7) is 0. The third-order valence-corrected chi connectivity index (χ3v) is 12.8. The Labute approximate surface area is 361 Å². The number of rotatable bonds is 7. The van der Waals surface area contributed by atoms with E-state index in [4.69, 9.17) is 19.9 Å². The van der Waals surface area contributed by atoms with Crippen LogP contribution in [0.1, 0.15) is 0 Å². The van der Waals surface area contributed by atoms with Gasteiger partial charge in [-0.1, -0.05) is 158 Å². The molecule has 62 heavy (non-hydrogen) atoms. The van der Waals surface area contributed by atoms with Gasteiger partial charge in [0, 0.05) is 53.8 Å². The van der Waals surface area contributed by atoms with Crippen molar-refractivity contribution >= 4 is 53.3 Å². The Balaban J connectivity index is 1.16. The van der Waals surface area contributed by atoms with Gasteiger partial charge in [0.05, 0.1) is 16.6 Å². The number of para-hydroxylation sites is 1. The van der Waals surface area contributed by atoms with Crippen molar-refractivity contribution in [3.05, 3.63) is 212 Å². The van der Waals surface area contributed by atoms with Crippen molar-refractivity contribution in [2.45, 2.75) is 0 Å². The van der Waals surface area contributed by atoms with E-state index >= 15 is 0 Å². The fraction of sp³-hybridized carbons (Fsp3) is 0. The third kappa shape index (κ3) is 6.24. The minimum Gasteiger partial charge on any atom is -0.293 e. The van der Waals surface area contributed by atoms with Gasteiger partial charge in [-0.3, -0.25) is 4.57 Å². The number of thiophene rings is 1. The van der Waals surface area contributed by atoms with Crippen LogP contribution in [0.3, 0.4) is 0 Å². The van der Waals surface area contributed by atoms with E-state index in [1.54, 1.807) is 0 Å². The van der Waals surface area contributed by atoms with Crippen LogP contribution in [0.15, 0.2) is 212 Å². The summed E-state index contributed by atoms with van der Waals surface area (Å²) in [6.07, 6.45) is 2.01. The van der Waals surface area contributed by atoms with Crippen LogP contribution >= 0.6 is 11.3 Å². The Morgan fingerprint density at radius 2 is 0.823 bits per heavy atom. The van der Waals surface area contributed by atoms with E-state index in [1.807, 2.05) is 78.2 Å². The molecule has 0 fully saturated rings. The molecule has 4 heterocycles. The van der Waals surface area contributed by atoms with Crippen LogP contribution in [0.2, 0.25) is 0 Å². The summed E-state index contributed by atoms with van der Waals surface area (Å²) in [4.78, 5) is 21.1. The van der Waals surface area contributed by atoms with Crippen molar-refractivity contribution in [1.29, 1.82) is 0 Å². The first-order valence-corrected chi connectivity index (χ1v) is 21.5. The molecule has 4 aromatic heterocycles. The van der Waals surface area contributed by atoms with Crippen molar-refractivity contribution < 1.29 is 0 Å². The van der Waals surface area contributed by atoms with E-state index in [0.717, 1.165) is 72.3 Å². The first-order valence-electron chi connectivity index (χ1n) is 20.7. The standard InChI is InChI=1S/C56H35N5S/c1-5-17-36(18-6-1)40-29-41(37-19-7-2-8-20-37)31-42(30-40)43-32-48(55-59-53(38-21-9-3-10-22-38)58-54(60-55)39-23-11-4-12-24-39)56(57-35-43)61-49-27-15-13-25-44(49)46-33-47-45-26-14-16-28-51(45)62-52(47)34-50(46)61/h1-35H. The molecule has 0 radical (unpaired) electrons. The number of fused-ring (bicyclic) bond motifs is 6. The molecule has 5 nitrogen and oxygen atoms in total. The Morgan fingerprint density at radius 3 is 1.44 bits per heavy atom. The summed E-state index contributed by atoms with van der Waals surface area (Å²) in [6, 6.07) is 72.4. The van der Waals surface area contributed by atoms with Gasteiger partial charge < -0.3 is 0 Å². The fourth-order valence-corrected chi connectivity index (χ4v) is 9.81. The minimum atomic E-state index is 0.540. The molecule has 12 aromatic rings. The van der Waals surface area contributed by atoms with Gasteiger partial charge in [0.15, 0.2) is 17.5 Å². The highest BCUT2D eigenvalue weighted by atomic mass is 32.1. The van der Waals surface area contributed by atoms with Crippen molar-refractivity contribution in [1.82, 2.24) is 24.5 Å². The monoisotopic (exact) mass is 809 g/mol. The Kier molecular flexibility index (Phi) is 8.61. The van der Waals surface area contributed by atoms with Crippen LogP contribution in [0.4, 0.5) is 0 Å². The number of benzene rings is 8. The summed E-state index contributed by atoms with van der Waals surface area (Å²) < 4.78 is 4.80. The molecule has 0 unspecified atom stereocenters. The van der Waals surface area contributed by atoms with Crippen molar-refractivity contribution in [3.63, 3.8) is 0 Å². The van der Waals surface area contributed by atoms with Gasteiger partial charge in [0.2, 0.25) is 0 Å². The summed E-state index contributed by atoms with van der Waals surface area (Å²) in [5.74, 6) is 2.47. The summed E-state index contributed by atoms with van der Waals surface area (Å²) in [7, 11) is 0. The lowest BCUT2D eigenvalue weighted by Crippen LogP contribution is -2.05. The maximum absolute atomic E-state index is 5.47. The third-order valence-electron chi connectivity index (χ3n) is 11.7. The quantitative estimate of drug-likeness (QED) is 0.161. The molecule has 0 saturated heterocycles. The lowest BCUT2D eigenvalue weighted by molar-refractivity contribution is 1.04. The largest absolute Gasteiger partial charge is 0.293 e.